The van der Waals surface area contributed by atoms with Gasteiger partial charge < -0.3 is 10.1 Å². The van der Waals surface area contributed by atoms with Crippen molar-refractivity contribution in [2.45, 2.75) is 13.8 Å². The first-order valence-electron chi connectivity index (χ1n) is 5.18. The quantitative estimate of drug-likeness (QED) is 0.805. The van der Waals surface area contributed by atoms with E-state index in [0.29, 0.717) is 22.9 Å². The van der Waals surface area contributed by atoms with E-state index in [4.69, 9.17) is 16.3 Å². The zero-order valence-electron chi connectivity index (χ0n) is 9.76. The summed E-state index contributed by atoms with van der Waals surface area (Å²) in [5.74, 6) is 0.561. The van der Waals surface area contributed by atoms with Crippen LogP contribution in [0.3, 0.4) is 0 Å². The lowest BCUT2D eigenvalue weighted by molar-refractivity contribution is 0.0989. The Kier molecular flexibility index (Phi) is 4.77. The molecule has 0 aliphatic carbocycles. The number of carbonyl (C=O) groups excluding carboxylic acids is 1. The predicted molar refractivity (Wildman–Crippen MR) is 65.6 cm³/mol. The van der Waals surface area contributed by atoms with Crippen molar-refractivity contribution in [2.24, 2.45) is 0 Å². The number of rotatable bonds is 5. The van der Waals surface area contributed by atoms with Crippen LogP contribution >= 0.6 is 11.6 Å². The topological polar surface area (TPSA) is 38.3 Å². The number of ether oxygens (including phenoxy) is 1. The summed E-state index contributed by atoms with van der Waals surface area (Å²) in [7, 11) is 1.55. The number of methoxy groups -OCH3 is 1. The molecule has 0 aromatic heterocycles. The summed E-state index contributed by atoms with van der Waals surface area (Å²) in [6.45, 7) is 4.88. The highest BCUT2D eigenvalue weighted by Crippen LogP contribution is 2.26. The van der Waals surface area contributed by atoms with E-state index < -0.39 is 0 Å². The Hall–Kier alpha value is -1.06. The minimum atomic E-state index is -0.0133. The Balaban J connectivity index is 3.02. The molecule has 0 aliphatic rings. The predicted octanol–water partition coefficient (Wildman–Crippen LogP) is 2.45. The Bertz CT molecular complexity index is 391. The third-order valence-corrected chi connectivity index (χ3v) is 2.72. The highest BCUT2D eigenvalue weighted by atomic mass is 35.5. The van der Waals surface area contributed by atoms with Gasteiger partial charge in [0.15, 0.2) is 5.78 Å². The van der Waals surface area contributed by atoms with Crippen molar-refractivity contribution >= 4 is 17.4 Å². The molecule has 4 heteroatoms. The van der Waals surface area contributed by atoms with E-state index in [1.165, 1.54) is 0 Å². The molecule has 16 heavy (non-hydrogen) atoms. The van der Waals surface area contributed by atoms with Crippen LogP contribution in [-0.4, -0.2) is 26.0 Å². The molecule has 1 aromatic rings. The molecule has 1 rings (SSSR count). The van der Waals surface area contributed by atoms with Gasteiger partial charge in [-0.2, -0.15) is 0 Å². The summed E-state index contributed by atoms with van der Waals surface area (Å²) >= 11 is 5.99. The van der Waals surface area contributed by atoms with Crippen LogP contribution in [0.2, 0.25) is 5.02 Å². The molecule has 0 aliphatic heterocycles. The summed E-state index contributed by atoms with van der Waals surface area (Å²) in [6, 6.07) is 3.44. The normalized spacial score (nSPS) is 10.2. The van der Waals surface area contributed by atoms with Crippen molar-refractivity contribution in [3.63, 3.8) is 0 Å². The molecule has 0 atom stereocenters. The third kappa shape index (κ3) is 2.97. The van der Waals surface area contributed by atoms with Gasteiger partial charge in [0, 0.05) is 5.02 Å². The van der Waals surface area contributed by atoms with Crippen molar-refractivity contribution in [3.05, 3.63) is 28.3 Å². The maximum absolute atomic E-state index is 11.8. The minimum absolute atomic E-state index is 0.0133. The Morgan fingerprint density at radius 1 is 1.50 bits per heavy atom. The van der Waals surface area contributed by atoms with Crippen LogP contribution < -0.4 is 10.1 Å². The maximum atomic E-state index is 11.8. The van der Waals surface area contributed by atoms with Crippen LogP contribution in [0, 0.1) is 6.92 Å². The van der Waals surface area contributed by atoms with Gasteiger partial charge in [-0.15, -0.1) is 0 Å². The molecule has 0 bridgehead atoms. The zero-order chi connectivity index (χ0) is 12.1. The van der Waals surface area contributed by atoms with Gasteiger partial charge in [-0.25, -0.2) is 0 Å². The van der Waals surface area contributed by atoms with Crippen molar-refractivity contribution in [1.82, 2.24) is 5.32 Å². The molecular weight excluding hydrogens is 226 g/mol. The molecular formula is C12H16ClNO2. The molecule has 3 nitrogen and oxygen atoms in total. The van der Waals surface area contributed by atoms with Gasteiger partial charge in [0.25, 0.3) is 0 Å². The monoisotopic (exact) mass is 241 g/mol. The Labute approximate surface area is 101 Å². The number of Topliss-reactive ketones (excluding diaryl/α,β-unsaturated/α-hetero) is 1. The van der Waals surface area contributed by atoms with Gasteiger partial charge in [0.2, 0.25) is 0 Å². The summed E-state index contributed by atoms with van der Waals surface area (Å²) in [5, 5.41) is 3.57. The van der Waals surface area contributed by atoms with E-state index >= 15 is 0 Å². The number of carbonyl (C=O) groups is 1. The lowest BCUT2D eigenvalue weighted by atomic mass is 10.1. The smallest absolute Gasteiger partial charge is 0.180 e. The number of likely N-dealkylation sites (N-methyl/N-ethyl adjacent to an activating group) is 1. The number of hydrogen-bond acceptors (Lipinski definition) is 3. The second-order valence-corrected chi connectivity index (χ2v) is 3.91. The third-order valence-electron chi connectivity index (χ3n) is 2.32. The summed E-state index contributed by atoms with van der Waals surface area (Å²) in [6.07, 6.45) is 0. The van der Waals surface area contributed by atoms with Crippen LogP contribution in [0.5, 0.6) is 5.75 Å². The van der Waals surface area contributed by atoms with Crippen LogP contribution in [-0.2, 0) is 0 Å². The van der Waals surface area contributed by atoms with E-state index in [9.17, 15) is 4.79 Å². The largest absolute Gasteiger partial charge is 0.496 e. The maximum Gasteiger partial charge on any atom is 0.180 e. The van der Waals surface area contributed by atoms with Crippen LogP contribution in [0.15, 0.2) is 12.1 Å². The van der Waals surface area contributed by atoms with E-state index in [1.807, 2.05) is 13.8 Å². The fourth-order valence-electron chi connectivity index (χ4n) is 1.38. The van der Waals surface area contributed by atoms with E-state index in [2.05, 4.69) is 5.32 Å². The average Bonchev–Trinajstić information content (AvgIpc) is 2.28. The second-order valence-electron chi connectivity index (χ2n) is 3.51. The first-order valence-corrected chi connectivity index (χ1v) is 5.56. The second kappa shape index (κ2) is 5.87. The summed E-state index contributed by atoms with van der Waals surface area (Å²) in [5.41, 5.74) is 1.43. The van der Waals surface area contributed by atoms with Crippen molar-refractivity contribution in [2.75, 3.05) is 20.2 Å². The summed E-state index contributed by atoms with van der Waals surface area (Å²) in [4.78, 5) is 11.8. The van der Waals surface area contributed by atoms with Crippen LogP contribution in [0.1, 0.15) is 22.8 Å². The molecule has 0 amide bonds. The number of halogens is 1. The minimum Gasteiger partial charge on any atom is -0.496 e. The van der Waals surface area contributed by atoms with Gasteiger partial charge in [-0.1, -0.05) is 18.5 Å². The van der Waals surface area contributed by atoms with Gasteiger partial charge in [-0.05, 0) is 31.2 Å². The SMILES string of the molecule is CCNCC(=O)c1cc(Cl)c(C)cc1OC. The fraction of sp³-hybridized carbons (Fsp3) is 0.417. The lowest BCUT2D eigenvalue weighted by Crippen LogP contribution is -2.23. The molecule has 0 radical (unpaired) electrons. The zero-order valence-corrected chi connectivity index (χ0v) is 10.5. The van der Waals surface area contributed by atoms with E-state index in [0.717, 1.165) is 12.1 Å². The van der Waals surface area contributed by atoms with Gasteiger partial charge >= 0.3 is 0 Å². The average molecular weight is 242 g/mol. The number of nitrogens with one attached hydrogen (secondary N) is 1. The van der Waals surface area contributed by atoms with Crippen molar-refractivity contribution in [3.8, 4) is 5.75 Å². The van der Waals surface area contributed by atoms with Crippen LogP contribution in [0.4, 0.5) is 0 Å². The van der Waals surface area contributed by atoms with Crippen molar-refractivity contribution in [1.29, 1.82) is 0 Å². The highest BCUT2D eigenvalue weighted by Gasteiger charge is 2.13. The molecule has 0 fully saturated rings. The van der Waals surface area contributed by atoms with Gasteiger partial charge in [0.1, 0.15) is 5.75 Å². The number of hydrogen-bond donors (Lipinski definition) is 1. The summed E-state index contributed by atoms with van der Waals surface area (Å²) < 4.78 is 5.18. The Morgan fingerprint density at radius 3 is 2.75 bits per heavy atom. The van der Waals surface area contributed by atoms with E-state index in [-0.39, 0.29) is 5.78 Å². The molecule has 1 aromatic carbocycles. The van der Waals surface area contributed by atoms with Gasteiger partial charge in [-0.3, -0.25) is 4.79 Å². The molecule has 0 saturated heterocycles. The number of ketones is 1. The molecule has 1 N–H and O–H groups in total. The Morgan fingerprint density at radius 2 is 2.19 bits per heavy atom. The van der Waals surface area contributed by atoms with Crippen LogP contribution in [0.25, 0.3) is 0 Å². The van der Waals surface area contributed by atoms with E-state index in [1.54, 1.807) is 19.2 Å². The molecule has 0 heterocycles. The van der Waals surface area contributed by atoms with Crippen molar-refractivity contribution < 1.29 is 9.53 Å². The fourth-order valence-corrected chi connectivity index (χ4v) is 1.54. The first-order chi connectivity index (χ1) is 7.60. The molecule has 0 unspecified atom stereocenters. The first kappa shape index (κ1) is 13.0. The number of benzene rings is 1. The molecule has 0 saturated carbocycles. The molecule has 88 valence electrons. The highest BCUT2D eigenvalue weighted by molar-refractivity contribution is 6.31. The number of aryl methyl sites for hydroxylation is 1. The van der Waals surface area contributed by atoms with Gasteiger partial charge in [0.05, 0.1) is 19.2 Å². The molecule has 0 spiro atoms. The standard InChI is InChI=1S/C12H16ClNO2/c1-4-14-7-11(15)9-6-10(13)8(2)5-12(9)16-3/h5-6,14H,4,7H2,1-3H3. The lowest BCUT2D eigenvalue weighted by Gasteiger charge is -2.10.